The fourth-order valence-electron chi connectivity index (χ4n) is 1.35. The number of aromatic nitrogens is 2. The van der Waals surface area contributed by atoms with Gasteiger partial charge in [-0.25, -0.2) is 9.97 Å². The van der Waals surface area contributed by atoms with E-state index < -0.39 is 0 Å². The number of nitrogens with zero attached hydrogens (tertiary/aromatic N) is 2. The summed E-state index contributed by atoms with van der Waals surface area (Å²) in [4.78, 5) is 8.07. The molecule has 0 saturated heterocycles. The van der Waals surface area contributed by atoms with Crippen molar-refractivity contribution in [3.05, 3.63) is 18.6 Å². The summed E-state index contributed by atoms with van der Waals surface area (Å²) < 4.78 is 0. The second-order valence-corrected chi connectivity index (χ2v) is 5.84. The Balaban J connectivity index is 2.09. The molecule has 3 nitrogen and oxygen atoms in total. The molecule has 0 aliphatic rings. The highest BCUT2D eigenvalue weighted by atomic mass is 32.2. The van der Waals surface area contributed by atoms with Crippen LogP contribution in [0.3, 0.4) is 0 Å². The van der Waals surface area contributed by atoms with Crippen LogP contribution in [0.1, 0.15) is 33.1 Å². The van der Waals surface area contributed by atoms with Crippen LogP contribution in [0.15, 0.2) is 23.6 Å². The molecule has 0 aliphatic carbocycles. The van der Waals surface area contributed by atoms with Gasteiger partial charge in [-0.15, -0.1) is 11.8 Å². The molecule has 16 heavy (non-hydrogen) atoms. The van der Waals surface area contributed by atoms with Crippen LogP contribution in [-0.2, 0) is 0 Å². The van der Waals surface area contributed by atoms with E-state index in [0.717, 1.165) is 17.3 Å². The van der Waals surface area contributed by atoms with E-state index in [9.17, 15) is 0 Å². The third-order valence-electron chi connectivity index (χ3n) is 2.61. The largest absolute Gasteiger partial charge is 0.330 e. The van der Waals surface area contributed by atoms with Crippen LogP contribution in [0.5, 0.6) is 0 Å². The quantitative estimate of drug-likeness (QED) is 0.451. The molecule has 0 saturated carbocycles. The molecule has 0 bridgehead atoms. The minimum atomic E-state index is 0.291. The van der Waals surface area contributed by atoms with E-state index in [-0.39, 0.29) is 0 Å². The van der Waals surface area contributed by atoms with Gasteiger partial charge >= 0.3 is 0 Å². The Morgan fingerprint density at radius 1 is 1.38 bits per heavy atom. The number of rotatable bonds is 7. The van der Waals surface area contributed by atoms with Crippen LogP contribution in [0.25, 0.3) is 0 Å². The van der Waals surface area contributed by atoms with Crippen molar-refractivity contribution in [3.8, 4) is 0 Å². The lowest BCUT2D eigenvalue weighted by molar-refractivity contribution is 0.336. The van der Waals surface area contributed by atoms with Gasteiger partial charge < -0.3 is 5.73 Å². The van der Waals surface area contributed by atoms with Crippen molar-refractivity contribution in [1.29, 1.82) is 0 Å². The standard InChI is InChI=1S/C12H21N3S/c1-12(2,9-13)6-3-4-8-16-11-5-7-14-10-15-11/h5,7,10H,3-4,6,8-9,13H2,1-2H3. The van der Waals surface area contributed by atoms with Gasteiger partial charge in [-0.3, -0.25) is 0 Å². The van der Waals surface area contributed by atoms with Gasteiger partial charge in [0.15, 0.2) is 0 Å². The average molecular weight is 239 g/mol. The second-order valence-electron chi connectivity index (χ2n) is 4.72. The summed E-state index contributed by atoms with van der Waals surface area (Å²) in [5.74, 6) is 1.12. The molecular formula is C12H21N3S. The van der Waals surface area contributed by atoms with Gasteiger partial charge in [-0.2, -0.15) is 0 Å². The van der Waals surface area contributed by atoms with E-state index in [2.05, 4.69) is 23.8 Å². The topological polar surface area (TPSA) is 51.8 Å². The Bertz CT molecular complexity index is 288. The van der Waals surface area contributed by atoms with Crippen molar-refractivity contribution >= 4 is 11.8 Å². The Kier molecular flexibility index (Phi) is 5.77. The number of thioether (sulfide) groups is 1. The molecule has 1 heterocycles. The summed E-state index contributed by atoms with van der Waals surface area (Å²) in [7, 11) is 0. The van der Waals surface area contributed by atoms with Crippen LogP contribution in [0.4, 0.5) is 0 Å². The lowest BCUT2D eigenvalue weighted by atomic mass is 9.88. The molecule has 1 aromatic heterocycles. The van der Waals surface area contributed by atoms with Gasteiger partial charge in [0, 0.05) is 6.20 Å². The number of hydrogen-bond acceptors (Lipinski definition) is 4. The molecule has 90 valence electrons. The molecule has 0 aromatic carbocycles. The first kappa shape index (κ1) is 13.5. The van der Waals surface area contributed by atoms with E-state index >= 15 is 0 Å². The van der Waals surface area contributed by atoms with Crippen molar-refractivity contribution in [2.45, 2.75) is 38.1 Å². The summed E-state index contributed by atoms with van der Waals surface area (Å²) in [6.45, 7) is 5.22. The Labute approximate surface area is 102 Å². The molecule has 0 atom stereocenters. The van der Waals surface area contributed by atoms with E-state index in [4.69, 9.17) is 5.73 Å². The Hall–Kier alpha value is -0.610. The highest BCUT2D eigenvalue weighted by Gasteiger charge is 2.14. The van der Waals surface area contributed by atoms with Crippen LogP contribution >= 0.6 is 11.8 Å². The first-order valence-electron chi connectivity index (χ1n) is 5.73. The lowest BCUT2D eigenvalue weighted by Crippen LogP contribution is -2.23. The molecular weight excluding hydrogens is 218 g/mol. The van der Waals surface area contributed by atoms with Crippen molar-refractivity contribution in [3.63, 3.8) is 0 Å². The van der Waals surface area contributed by atoms with E-state index in [0.29, 0.717) is 5.41 Å². The maximum absolute atomic E-state index is 5.69. The predicted octanol–water partition coefficient (Wildman–Crippen LogP) is 2.72. The SMILES string of the molecule is CC(C)(CN)CCCCSc1ccncn1. The maximum Gasteiger partial charge on any atom is 0.116 e. The molecule has 2 N–H and O–H groups in total. The van der Waals surface area contributed by atoms with Crippen molar-refractivity contribution in [2.75, 3.05) is 12.3 Å². The maximum atomic E-state index is 5.69. The fraction of sp³-hybridized carbons (Fsp3) is 0.667. The van der Waals surface area contributed by atoms with Gasteiger partial charge in [-0.1, -0.05) is 20.3 Å². The Morgan fingerprint density at radius 2 is 2.19 bits per heavy atom. The van der Waals surface area contributed by atoms with Crippen molar-refractivity contribution < 1.29 is 0 Å². The summed E-state index contributed by atoms with van der Waals surface area (Å²) in [6.07, 6.45) is 7.04. The Morgan fingerprint density at radius 3 is 2.81 bits per heavy atom. The van der Waals surface area contributed by atoms with Crippen LogP contribution in [-0.4, -0.2) is 22.3 Å². The van der Waals surface area contributed by atoms with Gasteiger partial charge in [-0.05, 0) is 36.6 Å². The van der Waals surface area contributed by atoms with Gasteiger partial charge in [0.1, 0.15) is 6.33 Å². The molecule has 1 rings (SSSR count). The predicted molar refractivity (Wildman–Crippen MR) is 69.4 cm³/mol. The molecule has 4 heteroatoms. The first-order chi connectivity index (χ1) is 7.64. The van der Waals surface area contributed by atoms with E-state index in [1.54, 1.807) is 24.3 Å². The lowest BCUT2D eigenvalue weighted by Gasteiger charge is -2.21. The minimum absolute atomic E-state index is 0.291. The third-order valence-corrected chi connectivity index (χ3v) is 3.64. The molecule has 0 radical (unpaired) electrons. The molecule has 1 aromatic rings. The van der Waals surface area contributed by atoms with Gasteiger partial charge in [0.25, 0.3) is 0 Å². The molecule has 0 amide bonds. The zero-order valence-corrected chi connectivity index (χ0v) is 11.0. The molecule has 0 fully saturated rings. The zero-order chi connectivity index (χ0) is 11.9. The fourth-order valence-corrected chi connectivity index (χ4v) is 2.18. The highest BCUT2D eigenvalue weighted by Crippen LogP contribution is 2.23. The summed E-state index contributed by atoms with van der Waals surface area (Å²) >= 11 is 1.80. The van der Waals surface area contributed by atoms with E-state index in [1.807, 2.05) is 6.07 Å². The number of unbranched alkanes of at least 4 members (excludes halogenated alkanes) is 1. The van der Waals surface area contributed by atoms with Crippen LogP contribution in [0.2, 0.25) is 0 Å². The first-order valence-corrected chi connectivity index (χ1v) is 6.71. The van der Waals surface area contributed by atoms with Crippen LogP contribution in [0, 0.1) is 5.41 Å². The number of hydrogen-bond donors (Lipinski definition) is 1. The monoisotopic (exact) mass is 239 g/mol. The van der Waals surface area contributed by atoms with Crippen LogP contribution < -0.4 is 5.73 Å². The number of nitrogens with two attached hydrogens (primary N) is 1. The zero-order valence-electron chi connectivity index (χ0n) is 10.1. The summed E-state index contributed by atoms with van der Waals surface area (Å²) in [5, 5.41) is 1.06. The van der Waals surface area contributed by atoms with Gasteiger partial charge in [0.2, 0.25) is 0 Å². The minimum Gasteiger partial charge on any atom is -0.330 e. The van der Waals surface area contributed by atoms with Crippen molar-refractivity contribution in [2.24, 2.45) is 11.1 Å². The van der Waals surface area contributed by atoms with Gasteiger partial charge in [0.05, 0.1) is 5.03 Å². The molecule has 0 unspecified atom stereocenters. The third kappa shape index (κ3) is 5.47. The smallest absolute Gasteiger partial charge is 0.116 e. The molecule has 0 aliphatic heterocycles. The average Bonchev–Trinajstić information content (AvgIpc) is 2.30. The summed E-state index contributed by atoms with van der Waals surface area (Å²) in [6, 6.07) is 1.95. The highest BCUT2D eigenvalue weighted by molar-refractivity contribution is 7.99. The summed E-state index contributed by atoms with van der Waals surface area (Å²) in [5.41, 5.74) is 5.98. The van der Waals surface area contributed by atoms with E-state index in [1.165, 1.54) is 19.3 Å². The normalized spacial score (nSPS) is 11.7. The molecule has 0 spiro atoms. The second kappa shape index (κ2) is 6.86. The van der Waals surface area contributed by atoms with Crippen molar-refractivity contribution in [1.82, 2.24) is 9.97 Å².